The number of fused-ring (bicyclic) bond motifs is 2. The van der Waals surface area contributed by atoms with E-state index in [4.69, 9.17) is 10.1 Å². The van der Waals surface area contributed by atoms with Crippen LogP contribution in [-0.4, -0.2) is 73.7 Å². The SMILES string of the molecule is Cc1n[nH]c(C)c1CC(=O)N1Cc2nc3cc(-c4ccc(F)cc4)nn3c(N3CCN(C)CC3)c2C1. The van der Waals surface area contributed by atoms with Gasteiger partial charge in [-0.05, 0) is 45.2 Å². The molecular formula is C26H29FN8O. The number of amides is 1. The number of anilines is 1. The molecule has 1 saturated heterocycles. The van der Waals surface area contributed by atoms with E-state index >= 15 is 0 Å². The molecule has 2 aliphatic heterocycles. The second-order valence-electron chi connectivity index (χ2n) is 9.80. The molecule has 2 aliphatic rings. The Morgan fingerprint density at radius 3 is 2.53 bits per heavy atom. The van der Waals surface area contributed by atoms with Crippen LogP contribution in [0.4, 0.5) is 10.2 Å². The lowest BCUT2D eigenvalue weighted by atomic mass is 10.1. The lowest BCUT2D eigenvalue weighted by Crippen LogP contribution is -2.45. The van der Waals surface area contributed by atoms with Gasteiger partial charge in [-0.25, -0.2) is 9.37 Å². The number of rotatable bonds is 4. The fraction of sp³-hybridized carbons (Fsp3) is 0.385. The van der Waals surface area contributed by atoms with Gasteiger partial charge in [-0.2, -0.15) is 14.7 Å². The molecule has 1 aromatic carbocycles. The predicted octanol–water partition coefficient (Wildman–Crippen LogP) is 2.71. The lowest BCUT2D eigenvalue weighted by molar-refractivity contribution is -0.131. The molecule has 186 valence electrons. The van der Waals surface area contributed by atoms with Crippen molar-refractivity contribution in [3.05, 3.63) is 64.4 Å². The number of piperazine rings is 1. The van der Waals surface area contributed by atoms with Crippen molar-refractivity contribution in [1.82, 2.24) is 34.6 Å². The van der Waals surface area contributed by atoms with Gasteiger partial charge >= 0.3 is 0 Å². The van der Waals surface area contributed by atoms with Gasteiger partial charge in [0, 0.05) is 54.6 Å². The minimum atomic E-state index is -0.275. The van der Waals surface area contributed by atoms with E-state index in [2.05, 4.69) is 27.0 Å². The highest BCUT2D eigenvalue weighted by molar-refractivity contribution is 5.80. The highest BCUT2D eigenvalue weighted by Gasteiger charge is 2.32. The minimum absolute atomic E-state index is 0.0644. The number of hydrogen-bond donors (Lipinski definition) is 1. The van der Waals surface area contributed by atoms with Gasteiger partial charge in [0.2, 0.25) is 5.91 Å². The van der Waals surface area contributed by atoms with Crippen LogP contribution in [0.25, 0.3) is 16.9 Å². The molecule has 36 heavy (non-hydrogen) atoms. The van der Waals surface area contributed by atoms with Crippen LogP contribution in [0.1, 0.15) is 28.2 Å². The van der Waals surface area contributed by atoms with Crippen LogP contribution < -0.4 is 4.90 Å². The molecule has 6 rings (SSSR count). The summed E-state index contributed by atoms with van der Waals surface area (Å²) >= 11 is 0. The summed E-state index contributed by atoms with van der Waals surface area (Å²) in [6, 6.07) is 8.30. The zero-order chi connectivity index (χ0) is 25.0. The standard InChI is InChI=1S/C26H29FN8O/c1-16-20(17(2)30-29-16)12-25(36)34-14-21-23(15-34)28-24-13-22(18-4-6-19(27)7-5-18)31-35(24)26(21)33-10-8-32(3)9-11-33/h4-7,13H,8-12,14-15H2,1-3H3,(H,29,30). The first-order valence-electron chi connectivity index (χ1n) is 12.3. The third-order valence-corrected chi connectivity index (χ3v) is 7.35. The van der Waals surface area contributed by atoms with Crippen molar-refractivity contribution < 1.29 is 9.18 Å². The molecule has 0 spiro atoms. The van der Waals surface area contributed by atoms with Gasteiger partial charge in [0.05, 0.1) is 36.6 Å². The van der Waals surface area contributed by atoms with Crippen molar-refractivity contribution >= 4 is 17.4 Å². The molecule has 0 radical (unpaired) electrons. The van der Waals surface area contributed by atoms with Crippen LogP contribution in [-0.2, 0) is 24.3 Å². The first-order chi connectivity index (χ1) is 17.4. The number of hydrogen-bond acceptors (Lipinski definition) is 6. The van der Waals surface area contributed by atoms with E-state index in [-0.39, 0.29) is 11.7 Å². The second-order valence-corrected chi connectivity index (χ2v) is 9.80. The van der Waals surface area contributed by atoms with E-state index < -0.39 is 0 Å². The summed E-state index contributed by atoms with van der Waals surface area (Å²) in [5.41, 5.74) is 7.04. The number of carbonyl (C=O) groups excluding carboxylic acids is 1. The largest absolute Gasteiger partial charge is 0.354 e. The first kappa shape index (κ1) is 22.7. The van der Waals surface area contributed by atoms with Gasteiger partial charge < -0.3 is 14.7 Å². The van der Waals surface area contributed by atoms with Crippen LogP contribution in [0.15, 0.2) is 30.3 Å². The lowest BCUT2D eigenvalue weighted by Gasteiger charge is -2.35. The molecule has 0 saturated carbocycles. The van der Waals surface area contributed by atoms with Gasteiger partial charge in [0.15, 0.2) is 5.65 Å². The summed E-state index contributed by atoms with van der Waals surface area (Å²) in [5, 5.41) is 12.1. The van der Waals surface area contributed by atoms with E-state index in [1.54, 1.807) is 12.1 Å². The molecule has 1 fully saturated rings. The zero-order valence-electron chi connectivity index (χ0n) is 20.8. The highest BCUT2D eigenvalue weighted by Crippen LogP contribution is 2.34. The molecular weight excluding hydrogens is 459 g/mol. The fourth-order valence-corrected chi connectivity index (χ4v) is 5.17. The van der Waals surface area contributed by atoms with Crippen LogP contribution in [0.5, 0.6) is 0 Å². The quantitative estimate of drug-likeness (QED) is 0.476. The van der Waals surface area contributed by atoms with Gasteiger partial charge in [0.1, 0.15) is 11.6 Å². The van der Waals surface area contributed by atoms with Crippen molar-refractivity contribution in [3.63, 3.8) is 0 Å². The highest BCUT2D eigenvalue weighted by atomic mass is 19.1. The Hall–Kier alpha value is -3.79. The summed E-state index contributed by atoms with van der Waals surface area (Å²) < 4.78 is 15.4. The maximum Gasteiger partial charge on any atom is 0.227 e. The van der Waals surface area contributed by atoms with E-state index in [9.17, 15) is 9.18 Å². The number of likely N-dealkylation sites (N-methyl/N-ethyl adjacent to an activating group) is 1. The van der Waals surface area contributed by atoms with Crippen LogP contribution in [0, 0.1) is 19.7 Å². The summed E-state index contributed by atoms with van der Waals surface area (Å²) in [4.78, 5) is 24.8. The van der Waals surface area contributed by atoms with Crippen LogP contribution in [0.2, 0.25) is 0 Å². The Balaban J connectivity index is 1.38. The average molecular weight is 489 g/mol. The van der Waals surface area contributed by atoms with E-state index in [0.29, 0.717) is 19.5 Å². The number of aromatic nitrogens is 5. The number of aromatic amines is 1. The minimum Gasteiger partial charge on any atom is -0.354 e. The number of benzene rings is 1. The zero-order valence-corrected chi connectivity index (χ0v) is 20.8. The summed E-state index contributed by atoms with van der Waals surface area (Å²) in [6.07, 6.45) is 0.317. The van der Waals surface area contributed by atoms with Crippen molar-refractivity contribution in [2.45, 2.75) is 33.4 Å². The van der Waals surface area contributed by atoms with Crippen molar-refractivity contribution in [2.75, 3.05) is 38.1 Å². The molecule has 10 heteroatoms. The van der Waals surface area contributed by atoms with Gasteiger partial charge in [-0.1, -0.05) is 0 Å². The number of H-pyrrole nitrogens is 1. The summed E-state index contributed by atoms with van der Waals surface area (Å²) in [6.45, 7) is 8.48. The first-order valence-corrected chi connectivity index (χ1v) is 12.3. The van der Waals surface area contributed by atoms with E-state index in [1.165, 1.54) is 12.1 Å². The molecule has 5 heterocycles. The molecule has 0 aliphatic carbocycles. The van der Waals surface area contributed by atoms with Gasteiger partial charge in [-0.15, -0.1) is 0 Å². The Labute approximate surface area is 208 Å². The third kappa shape index (κ3) is 3.91. The Morgan fingerprint density at radius 1 is 1.08 bits per heavy atom. The maximum absolute atomic E-state index is 13.5. The second kappa shape index (κ2) is 8.70. The van der Waals surface area contributed by atoms with Gasteiger partial charge in [0.25, 0.3) is 0 Å². The fourth-order valence-electron chi connectivity index (χ4n) is 5.17. The molecule has 3 aromatic heterocycles. The predicted molar refractivity (Wildman–Crippen MR) is 134 cm³/mol. The Bertz CT molecular complexity index is 1430. The number of carbonyl (C=O) groups is 1. The average Bonchev–Trinajstić information content (AvgIpc) is 3.57. The molecule has 4 aromatic rings. The number of halogens is 1. The van der Waals surface area contributed by atoms with Gasteiger partial charge in [-0.3, -0.25) is 9.89 Å². The molecule has 9 nitrogen and oxygen atoms in total. The summed E-state index contributed by atoms with van der Waals surface area (Å²) in [7, 11) is 2.13. The van der Waals surface area contributed by atoms with Crippen molar-refractivity contribution in [1.29, 1.82) is 0 Å². The molecule has 1 amide bonds. The van der Waals surface area contributed by atoms with Crippen LogP contribution in [0.3, 0.4) is 0 Å². The van der Waals surface area contributed by atoms with Crippen molar-refractivity contribution in [3.8, 4) is 11.3 Å². The molecule has 0 unspecified atom stereocenters. The summed E-state index contributed by atoms with van der Waals surface area (Å²) in [5.74, 6) is 0.792. The smallest absolute Gasteiger partial charge is 0.227 e. The Kier molecular flexibility index (Phi) is 5.48. The monoisotopic (exact) mass is 488 g/mol. The molecule has 0 bridgehead atoms. The maximum atomic E-state index is 13.5. The number of aryl methyl sites for hydroxylation is 2. The number of nitrogens with zero attached hydrogens (tertiary/aromatic N) is 7. The Morgan fingerprint density at radius 2 is 1.83 bits per heavy atom. The third-order valence-electron chi connectivity index (χ3n) is 7.35. The van der Waals surface area contributed by atoms with Crippen LogP contribution >= 0.6 is 0 Å². The van der Waals surface area contributed by atoms with E-state index in [0.717, 1.165) is 77.1 Å². The van der Waals surface area contributed by atoms with E-state index in [1.807, 2.05) is 29.3 Å². The number of nitrogens with one attached hydrogen (secondary N) is 1. The topological polar surface area (TPSA) is 85.7 Å². The molecule has 1 N–H and O–H groups in total. The van der Waals surface area contributed by atoms with Crippen molar-refractivity contribution in [2.24, 2.45) is 0 Å². The normalized spacial score (nSPS) is 16.2. The molecule has 0 atom stereocenters.